The third-order valence-electron chi connectivity index (χ3n) is 3.45. The Hall–Kier alpha value is -2.35. The normalized spacial score (nSPS) is 14.8. The fraction of sp³-hybridized carbons (Fsp3) is 0.333. The number of anilines is 1. The maximum Gasteiger partial charge on any atom is 0.240 e. The maximum absolute atomic E-state index is 12.3. The van der Waals surface area contributed by atoms with E-state index >= 15 is 0 Å². The average molecular weight is 316 g/mol. The van der Waals surface area contributed by atoms with Gasteiger partial charge >= 0.3 is 0 Å². The molecule has 1 fully saturated rings. The summed E-state index contributed by atoms with van der Waals surface area (Å²) in [6.45, 7) is 0. The lowest BCUT2D eigenvalue weighted by Gasteiger charge is -2.13. The first-order chi connectivity index (χ1) is 10.5. The topological polar surface area (TPSA) is 106 Å². The summed E-state index contributed by atoms with van der Waals surface area (Å²) < 4.78 is 27.4. The second kappa shape index (κ2) is 7.08. The summed E-state index contributed by atoms with van der Waals surface area (Å²) in [7, 11) is -3.56. The quantitative estimate of drug-likeness (QED) is 0.810. The molecule has 2 N–H and O–H groups in total. The van der Waals surface area contributed by atoms with Crippen molar-refractivity contribution in [1.82, 2.24) is 4.72 Å². The molecule has 1 aliphatic rings. The van der Waals surface area contributed by atoms with Crippen LogP contribution < -0.4 is 10.0 Å². The molecule has 0 heterocycles. The molecule has 0 saturated heterocycles. The van der Waals surface area contributed by atoms with Gasteiger partial charge in [0.2, 0.25) is 10.0 Å². The van der Waals surface area contributed by atoms with Gasteiger partial charge in [-0.05, 0) is 31.0 Å². The summed E-state index contributed by atoms with van der Waals surface area (Å²) in [5.74, 6) is 0. The standard InChI is InChI=1S/C15H16N4O2S/c16-9-12(10-17)11-18-14-6-3-7-15(8-14)22(20,21)19-13-4-1-2-5-13/h3,6-8,11,13,18-19H,1-2,4-5H2. The predicted octanol–water partition coefficient (Wildman–Crippen LogP) is 2.25. The molecule has 7 heteroatoms. The SMILES string of the molecule is N#CC(C#N)=CNc1cccc(S(=O)(=O)NC2CCCC2)c1. The van der Waals surface area contributed by atoms with Crippen molar-refractivity contribution >= 4 is 15.7 Å². The van der Waals surface area contributed by atoms with Crippen molar-refractivity contribution in [3.8, 4) is 12.1 Å². The predicted molar refractivity (Wildman–Crippen MR) is 82.0 cm³/mol. The van der Waals surface area contributed by atoms with E-state index in [0.717, 1.165) is 25.7 Å². The molecule has 0 spiro atoms. The molecule has 1 aromatic rings. The van der Waals surface area contributed by atoms with Gasteiger partial charge < -0.3 is 5.32 Å². The van der Waals surface area contributed by atoms with Crippen molar-refractivity contribution in [3.05, 3.63) is 36.0 Å². The van der Waals surface area contributed by atoms with Crippen molar-refractivity contribution in [3.63, 3.8) is 0 Å². The van der Waals surface area contributed by atoms with E-state index in [-0.39, 0.29) is 16.5 Å². The van der Waals surface area contributed by atoms with E-state index in [1.54, 1.807) is 24.3 Å². The molecular weight excluding hydrogens is 300 g/mol. The lowest BCUT2D eigenvalue weighted by atomic mass is 10.3. The van der Waals surface area contributed by atoms with Gasteiger partial charge in [-0.25, -0.2) is 13.1 Å². The molecular formula is C15H16N4O2S. The average Bonchev–Trinajstić information content (AvgIpc) is 3.01. The molecule has 2 rings (SSSR count). The van der Waals surface area contributed by atoms with Crippen molar-refractivity contribution in [2.24, 2.45) is 0 Å². The molecule has 22 heavy (non-hydrogen) atoms. The van der Waals surface area contributed by atoms with Crippen LogP contribution in [-0.2, 0) is 10.0 Å². The van der Waals surface area contributed by atoms with Crippen molar-refractivity contribution in [2.75, 3.05) is 5.32 Å². The van der Waals surface area contributed by atoms with Gasteiger partial charge in [-0.15, -0.1) is 0 Å². The van der Waals surface area contributed by atoms with E-state index in [1.165, 1.54) is 18.3 Å². The first-order valence-corrected chi connectivity index (χ1v) is 8.43. The molecule has 114 valence electrons. The first kappa shape index (κ1) is 16.0. The van der Waals surface area contributed by atoms with Crippen LogP contribution in [0, 0.1) is 22.7 Å². The second-order valence-electron chi connectivity index (χ2n) is 5.06. The second-order valence-corrected chi connectivity index (χ2v) is 6.77. The summed E-state index contributed by atoms with van der Waals surface area (Å²) in [6.07, 6.45) is 5.08. The summed E-state index contributed by atoms with van der Waals surface area (Å²) in [6, 6.07) is 9.71. The molecule has 0 unspecified atom stereocenters. The Morgan fingerprint density at radius 3 is 2.55 bits per heavy atom. The molecule has 1 aromatic carbocycles. The zero-order valence-electron chi connectivity index (χ0n) is 11.9. The molecule has 0 radical (unpaired) electrons. The van der Waals surface area contributed by atoms with Gasteiger partial charge in [0.25, 0.3) is 0 Å². The minimum atomic E-state index is -3.56. The Balaban J connectivity index is 2.15. The zero-order chi connectivity index (χ0) is 16.0. The number of hydrogen-bond acceptors (Lipinski definition) is 5. The highest BCUT2D eigenvalue weighted by atomic mass is 32.2. The van der Waals surface area contributed by atoms with E-state index < -0.39 is 10.0 Å². The minimum Gasteiger partial charge on any atom is -0.360 e. The Labute approximate surface area is 130 Å². The number of rotatable bonds is 5. The Bertz CT molecular complexity index is 734. The fourth-order valence-electron chi connectivity index (χ4n) is 2.33. The molecule has 6 nitrogen and oxygen atoms in total. The van der Waals surface area contributed by atoms with E-state index in [4.69, 9.17) is 10.5 Å². The number of nitrogens with one attached hydrogen (secondary N) is 2. The van der Waals surface area contributed by atoms with Gasteiger partial charge in [0.1, 0.15) is 17.7 Å². The summed E-state index contributed by atoms with van der Waals surface area (Å²) in [5, 5.41) is 20.1. The van der Waals surface area contributed by atoms with Gasteiger partial charge in [-0.1, -0.05) is 18.9 Å². The lowest BCUT2D eigenvalue weighted by molar-refractivity contribution is 0.552. The van der Waals surface area contributed by atoms with Crippen molar-refractivity contribution in [2.45, 2.75) is 36.6 Å². The van der Waals surface area contributed by atoms with Crippen LogP contribution in [0.3, 0.4) is 0 Å². The van der Waals surface area contributed by atoms with Crippen LogP contribution in [0.1, 0.15) is 25.7 Å². The summed E-state index contributed by atoms with van der Waals surface area (Å²) in [5.41, 5.74) is 0.412. The molecule has 1 aliphatic carbocycles. The van der Waals surface area contributed by atoms with E-state index in [2.05, 4.69) is 10.0 Å². The maximum atomic E-state index is 12.3. The van der Waals surface area contributed by atoms with Crippen LogP contribution in [0.25, 0.3) is 0 Å². The van der Waals surface area contributed by atoms with Crippen LogP contribution in [-0.4, -0.2) is 14.5 Å². The highest BCUT2D eigenvalue weighted by Gasteiger charge is 2.22. The van der Waals surface area contributed by atoms with Crippen LogP contribution in [0.15, 0.2) is 40.9 Å². The summed E-state index contributed by atoms with van der Waals surface area (Å²) >= 11 is 0. The van der Waals surface area contributed by atoms with Gasteiger partial charge in [0.05, 0.1) is 4.90 Å². The number of sulfonamides is 1. The van der Waals surface area contributed by atoms with E-state index in [0.29, 0.717) is 5.69 Å². The number of allylic oxidation sites excluding steroid dienone is 1. The Morgan fingerprint density at radius 1 is 1.23 bits per heavy atom. The zero-order valence-corrected chi connectivity index (χ0v) is 12.7. The smallest absolute Gasteiger partial charge is 0.240 e. The largest absolute Gasteiger partial charge is 0.360 e. The van der Waals surface area contributed by atoms with Crippen LogP contribution in [0.5, 0.6) is 0 Å². The van der Waals surface area contributed by atoms with Crippen LogP contribution in [0.2, 0.25) is 0 Å². The number of benzene rings is 1. The molecule has 0 bridgehead atoms. The number of hydrogen-bond donors (Lipinski definition) is 2. The molecule has 0 aliphatic heterocycles. The number of nitriles is 2. The monoisotopic (exact) mass is 316 g/mol. The van der Waals surface area contributed by atoms with E-state index in [9.17, 15) is 8.42 Å². The fourth-order valence-corrected chi connectivity index (χ4v) is 3.68. The van der Waals surface area contributed by atoms with Crippen LogP contribution in [0.4, 0.5) is 5.69 Å². The molecule has 0 atom stereocenters. The van der Waals surface area contributed by atoms with Gasteiger partial charge in [-0.2, -0.15) is 10.5 Å². The van der Waals surface area contributed by atoms with Gasteiger partial charge in [0, 0.05) is 17.9 Å². The molecule has 0 aromatic heterocycles. The third-order valence-corrected chi connectivity index (χ3v) is 4.96. The minimum absolute atomic E-state index is 0.00490. The molecule has 0 amide bonds. The van der Waals surface area contributed by atoms with Gasteiger partial charge in [0.15, 0.2) is 0 Å². The van der Waals surface area contributed by atoms with E-state index in [1.807, 2.05) is 0 Å². The Kier molecular flexibility index (Phi) is 5.16. The summed E-state index contributed by atoms with van der Waals surface area (Å²) in [4.78, 5) is 0.160. The molecule has 1 saturated carbocycles. The highest BCUT2D eigenvalue weighted by molar-refractivity contribution is 7.89. The van der Waals surface area contributed by atoms with Crippen molar-refractivity contribution in [1.29, 1.82) is 10.5 Å². The Morgan fingerprint density at radius 2 is 1.91 bits per heavy atom. The first-order valence-electron chi connectivity index (χ1n) is 6.94. The number of nitrogens with zero attached hydrogens (tertiary/aromatic N) is 2. The van der Waals surface area contributed by atoms with Gasteiger partial charge in [-0.3, -0.25) is 0 Å². The van der Waals surface area contributed by atoms with Crippen molar-refractivity contribution < 1.29 is 8.42 Å². The van der Waals surface area contributed by atoms with Crippen LogP contribution >= 0.6 is 0 Å². The lowest BCUT2D eigenvalue weighted by Crippen LogP contribution is -2.32. The highest BCUT2D eigenvalue weighted by Crippen LogP contribution is 2.21. The third kappa shape index (κ3) is 4.08.